The molecule has 3 aromatic rings. The van der Waals surface area contributed by atoms with Gasteiger partial charge in [-0.3, -0.25) is 19.8 Å². The van der Waals surface area contributed by atoms with Gasteiger partial charge in [0.1, 0.15) is 5.75 Å². The van der Waals surface area contributed by atoms with Crippen LogP contribution in [0.25, 0.3) is 11.8 Å². The van der Waals surface area contributed by atoms with Crippen LogP contribution >= 0.6 is 24.0 Å². The molecule has 2 heterocycles. The Morgan fingerprint density at radius 2 is 1.73 bits per heavy atom. The van der Waals surface area contributed by atoms with Crippen LogP contribution in [-0.4, -0.2) is 26.8 Å². The third-order valence-corrected chi connectivity index (χ3v) is 5.82. The van der Waals surface area contributed by atoms with Crippen molar-refractivity contribution < 1.29 is 14.5 Å². The first-order chi connectivity index (χ1) is 14.5. The number of nitrogens with zero attached hydrogens (tertiary/aromatic N) is 3. The number of carbonyl (C=O) groups excluding carboxylic acids is 1. The number of thioether (sulfide) groups is 1. The molecule has 0 spiro atoms. The van der Waals surface area contributed by atoms with Crippen LogP contribution in [0.1, 0.15) is 5.69 Å². The second-order valence-electron chi connectivity index (χ2n) is 6.29. The highest BCUT2D eigenvalue weighted by Gasteiger charge is 2.33. The Morgan fingerprint density at radius 1 is 1.07 bits per heavy atom. The van der Waals surface area contributed by atoms with E-state index >= 15 is 0 Å². The number of amides is 1. The van der Waals surface area contributed by atoms with Gasteiger partial charge in [-0.15, -0.1) is 0 Å². The average Bonchev–Trinajstić information content (AvgIpc) is 3.32. The van der Waals surface area contributed by atoms with Crippen LogP contribution in [0, 0.1) is 10.1 Å². The standard InChI is InChI=1S/C21H15N3O4S2/c1-28-18-10-8-15(9-11-18)23-20(25)19(30-21(23)29)13-17-3-2-12-22(17)14-4-6-16(7-5-14)24(26)27/h2-13H,1H3/b19-13+. The first kappa shape index (κ1) is 19.9. The number of aromatic nitrogens is 1. The van der Waals surface area contributed by atoms with Gasteiger partial charge in [0.2, 0.25) is 0 Å². The van der Waals surface area contributed by atoms with E-state index in [-0.39, 0.29) is 11.6 Å². The molecule has 2 aromatic carbocycles. The second-order valence-corrected chi connectivity index (χ2v) is 7.97. The lowest BCUT2D eigenvalue weighted by atomic mass is 10.2. The summed E-state index contributed by atoms with van der Waals surface area (Å²) in [6.45, 7) is 0. The van der Waals surface area contributed by atoms with Crippen LogP contribution in [0.4, 0.5) is 11.4 Å². The fraction of sp³-hybridized carbons (Fsp3) is 0.0476. The summed E-state index contributed by atoms with van der Waals surface area (Å²) in [7, 11) is 1.58. The quantitative estimate of drug-likeness (QED) is 0.247. The number of anilines is 1. The minimum absolute atomic E-state index is 0.0211. The summed E-state index contributed by atoms with van der Waals surface area (Å²) in [6, 6.07) is 17.0. The van der Waals surface area contributed by atoms with Crippen molar-refractivity contribution in [1.29, 1.82) is 0 Å². The van der Waals surface area contributed by atoms with Crippen LogP contribution < -0.4 is 9.64 Å². The molecule has 1 aliphatic heterocycles. The molecule has 0 radical (unpaired) electrons. The maximum Gasteiger partial charge on any atom is 0.270 e. The lowest BCUT2D eigenvalue weighted by molar-refractivity contribution is -0.384. The third-order valence-electron chi connectivity index (χ3n) is 4.52. The minimum Gasteiger partial charge on any atom is -0.497 e. The number of hydrogen-bond donors (Lipinski definition) is 0. The van der Waals surface area contributed by atoms with Crippen LogP contribution in [0.5, 0.6) is 5.75 Å². The highest BCUT2D eigenvalue weighted by Crippen LogP contribution is 2.36. The van der Waals surface area contributed by atoms with E-state index in [1.165, 1.54) is 28.8 Å². The molecule has 150 valence electrons. The van der Waals surface area contributed by atoms with Gasteiger partial charge in [-0.25, -0.2) is 0 Å². The minimum atomic E-state index is -0.440. The molecule has 0 unspecified atom stereocenters. The van der Waals surface area contributed by atoms with Crippen molar-refractivity contribution in [3.8, 4) is 11.4 Å². The number of non-ortho nitro benzene ring substituents is 1. The Kier molecular flexibility index (Phi) is 5.39. The number of rotatable bonds is 5. The van der Waals surface area contributed by atoms with E-state index < -0.39 is 4.92 Å². The highest BCUT2D eigenvalue weighted by atomic mass is 32.2. The summed E-state index contributed by atoms with van der Waals surface area (Å²) in [5.74, 6) is 0.493. The van der Waals surface area contributed by atoms with E-state index in [4.69, 9.17) is 17.0 Å². The predicted octanol–water partition coefficient (Wildman–Crippen LogP) is 4.80. The Balaban J connectivity index is 1.63. The van der Waals surface area contributed by atoms with Gasteiger partial charge in [0, 0.05) is 29.7 Å². The van der Waals surface area contributed by atoms with E-state index in [0.29, 0.717) is 20.7 Å². The molecule has 0 saturated carbocycles. The molecular weight excluding hydrogens is 422 g/mol. The molecule has 1 fully saturated rings. The zero-order valence-corrected chi connectivity index (χ0v) is 17.4. The van der Waals surface area contributed by atoms with Crippen LogP contribution in [0.15, 0.2) is 71.8 Å². The lowest BCUT2D eigenvalue weighted by Crippen LogP contribution is -2.27. The lowest BCUT2D eigenvalue weighted by Gasteiger charge is -2.14. The summed E-state index contributed by atoms with van der Waals surface area (Å²) >= 11 is 6.65. The van der Waals surface area contributed by atoms with E-state index in [0.717, 1.165) is 11.4 Å². The van der Waals surface area contributed by atoms with Crippen molar-refractivity contribution in [1.82, 2.24) is 4.57 Å². The van der Waals surface area contributed by atoms with Crippen LogP contribution in [0.3, 0.4) is 0 Å². The summed E-state index contributed by atoms with van der Waals surface area (Å²) in [4.78, 5) is 25.4. The van der Waals surface area contributed by atoms with E-state index in [9.17, 15) is 14.9 Å². The number of nitro benzene ring substituents is 1. The number of ether oxygens (including phenoxy) is 1. The van der Waals surface area contributed by atoms with Crippen molar-refractivity contribution in [3.63, 3.8) is 0 Å². The average molecular weight is 438 g/mol. The number of methoxy groups -OCH3 is 1. The largest absolute Gasteiger partial charge is 0.497 e. The smallest absolute Gasteiger partial charge is 0.270 e. The normalized spacial score (nSPS) is 15.1. The monoisotopic (exact) mass is 437 g/mol. The van der Waals surface area contributed by atoms with E-state index in [1.54, 1.807) is 49.6 Å². The van der Waals surface area contributed by atoms with Crippen LogP contribution in [0.2, 0.25) is 0 Å². The molecule has 0 aliphatic carbocycles. The molecule has 1 aliphatic rings. The number of benzene rings is 2. The number of thiocarbonyl (C=S) groups is 1. The summed E-state index contributed by atoms with van der Waals surface area (Å²) in [6.07, 6.45) is 3.60. The molecule has 4 rings (SSSR count). The molecule has 1 saturated heterocycles. The number of hydrogen-bond acceptors (Lipinski definition) is 6. The molecular formula is C21H15N3O4S2. The van der Waals surface area contributed by atoms with Gasteiger partial charge in [-0.05, 0) is 54.6 Å². The first-order valence-corrected chi connectivity index (χ1v) is 10.0. The topological polar surface area (TPSA) is 77.6 Å². The van der Waals surface area contributed by atoms with Gasteiger partial charge < -0.3 is 9.30 Å². The molecule has 30 heavy (non-hydrogen) atoms. The van der Waals surface area contributed by atoms with Gasteiger partial charge in [-0.1, -0.05) is 24.0 Å². The summed E-state index contributed by atoms with van der Waals surface area (Å²) in [5, 5.41) is 10.9. The van der Waals surface area contributed by atoms with Crippen LogP contribution in [-0.2, 0) is 4.79 Å². The fourth-order valence-corrected chi connectivity index (χ4v) is 4.32. The highest BCUT2D eigenvalue weighted by molar-refractivity contribution is 8.27. The van der Waals surface area contributed by atoms with Gasteiger partial charge >= 0.3 is 0 Å². The number of carbonyl (C=O) groups is 1. The Labute approximate surface area is 181 Å². The molecule has 1 aromatic heterocycles. The maximum atomic E-state index is 13.0. The maximum absolute atomic E-state index is 13.0. The van der Waals surface area contributed by atoms with Crippen molar-refractivity contribution in [3.05, 3.63) is 87.6 Å². The number of nitro groups is 1. The van der Waals surface area contributed by atoms with Gasteiger partial charge in [0.15, 0.2) is 4.32 Å². The molecule has 9 heteroatoms. The molecule has 7 nitrogen and oxygen atoms in total. The fourth-order valence-electron chi connectivity index (χ4n) is 3.04. The van der Waals surface area contributed by atoms with E-state index in [1.807, 2.05) is 22.9 Å². The van der Waals surface area contributed by atoms with Crippen molar-refractivity contribution in [2.75, 3.05) is 12.0 Å². The zero-order chi connectivity index (χ0) is 21.3. The predicted molar refractivity (Wildman–Crippen MR) is 121 cm³/mol. The van der Waals surface area contributed by atoms with Crippen molar-refractivity contribution in [2.45, 2.75) is 0 Å². The molecule has 0 N–H and O–H groups in total. The SMILES string of the molecule is COc1ccc(N2C(=O)/C(=C\c3cccn3-c3ccc([N+](=O)[O-])cc3)SC2=S)cc1. The Bertz CT molecular complexity index is 1170. The van der Waals surface area contributed by atoms with Gasteiger partial charge in [-0.2, -0.15) is 0 Å². The Morgan fingerprint density at radius 3 is 2.37 bits per heavy atom. The van der Waals surface area contributed by atoms with E-state index in [2.05, 4.69) is 0 Å². The third kappa shape index (κ3) is 3.72. The molecule has 0 atom stereocenters. The zero-order valence-electron chi connectivity index (χ0n) is 15.7. The summed E-state index contributed by atoms with van der Waals surface area (Å²) < 4.78 is 7.46. The molecule has 1 amide bonds. The molecule has 0 bridgehead atoms. The first-order valence-electron chi connectivity index (χ1n) is 8.82. The summed E-state index contributed by atoms with van der Waals surface area (Å²) in [5.41, 5.74) is 2.21. The van der Waals surface area contributed by atoms with Gasteiger partial charge in [0.05, 0.1) is 22.6 Å². The van der Waals surface area contributed by atoms with Gasteiger partial charge in [0.25, 0.3) is 11.6 Å². The second kappa shape index (κ2) is 8.13. The van der Waals surface area contributed by atoms with Crippen molar-refractivity contribution in [2.24, 2.45) is 0 Å². The Hall–Kier alpha value is -3.43. The van der Waals surface area contributed by atoms with Crippen molar-refractivity contribution >= 4 is 51.7 Å².